The highest BCUT2D eigenvalue weighted by atomic mass is 14.7. The van der Waals surface area contributed by atoms with Crippen molar-refractivity contribution in [2.24, 2.45) is 0 Å². The van der Waals surface area contributed by atoms with Crippen LogP contribution in [0.15, 0.2) is 0 Å². The van der Waals surface area contributed by atoms with Gasteiger partial charge in [0.1, 0.15) is 0 Å². The number of rotatable bonds is 1. The summed E-state index contributed by atoms with van der Waals surface area (Å²) >= 11 is 0. The molecule has 1 nitrogen and oxygen atoms in total. The van der Waals surface area contributed by atoms with Crippen molar-refractivity contribution >= 4 is 0 Å². The van der Waals surface area contributed by atoms with E-state index in [0.29, 0.717) is 5.92 Å². The highest BCUT2D eigenvalue weighted by Gasteiger charge is 2.22. The van der Waals surface area contributed by atoms with Gasteiger partial charge in [0.25, 0.3) is 0 Å². The van der Waals surface area contributed by atoms with Crippen LogP contribution in [0.25, 0.3) is 0 Å². The molecule has 1 aromatic heterocycles. The largest absolute Gasteiger partial charge is 0.257 e. The first-order chi connectivity index (χ1) is 7.16. The topological polar surface area (TPSA) is 12.9 Å². The fourth-order valence-corrected chi connectivity index (χ4v) is 2.54. The minimum absolute atomic E-state index is 0.134. The Bertz CT molecular complexity index is 395. The Balaban J connectivity index is 3.52. The van der Waals surface area contributed by atoms with Crippen LogP contribution in [0.1, 0.15) is 68.6 Å². The number of nitrogens with zero attached hydrogens (tertiary/aromatic N) is 1. The van der Waals surface area contributed by atoms with Gasteiger partial charge in [-0.2, -0.15) is 0 Å². The normalized spacial score (nSPS) is 12.3. The van der Waals surface area contributed by atoms with Crippen molar-refractivity contribution < 1.29 is 0 Å². The van der Waals surface area contributed by atoms with Crippen LogP contribution in [0.3, 0.4) is 0 Å². The predicted molar refractivity (Wildman–Crippen MR) is 71.2 cm³/mol. The van der Waals surface area contributed by atoms with Gasteiger partial charge in [0.15, 0.2) is 0 Å². The van der Waals surface area contributed by atoms with Gasteiger partial charge in [-0.3, -0.25) is 4.98 Å². The zero-order chi connectivity index (χ0) is 12.7. The molecular formula is C15H25N. The van der Waals surface area contributed by atoms with E-state index in [4.69, 9.17) is 4.98 Å². The molecule has 1 heterocycles. The maximum atomic E-state index is 4.83. The Morgan fingerprint density at radius 1 is 0.938 bits per heavy atom. The summed E-state index contributed by atoms with van der Waals surface area (Å²) in [7, 11) is 0. The van der Waals surface area contributed by atoms with Crippen molar-refractivity contribution in [2.45, 2.75) is 66.7 Å². The standard InChI is InChI=1S/C15H25N/c1-9(2)13-10(3)11(4)14(15(6,7)8)16-12(13)5/h9H,1-8H3. The number of hydrogen-bond acceptors (Lipinski definition) is 1. The fraction of sp³-hybridized carbons (Fsp3) is 0.667. The van der Waals surface area contributed by atoms with Crippen molar-refractivity contribution in [3.63, 3.8) is 0 Å². The molecule has 0 saturated carbocycles. The number of aryl methyl sites for hydroxylation is 1. The lowest BCUT2D eigenvalue weighted by atomic mass is 9.84. The van der Waals surface area contributed by atoms with Crippen LogP contribution in [0.2, 0.25) is 0 Å². The van der Waals surface area contributed by atoms with Gasteiger partial charge < -0.3 is 0 Å². The summed E-state index contributed by atoms with van der Waals surface area (Å²) in [5, 5.41) is 0. The summed E-state index contributed by atoms with van der Waals surface area (Å²) in [6.45, 7) is 17.8. The molecule has 1 heteroatoms. The molecule has 1 aromatic rings. The molecule has 0 unspecified atom stereocenters. The Morgan fingerprint density at radius 3 is 1.81 bits per heavy atom. The molecule has 0 fully saturated rings. The van der Waals surface area contributed by atoms with E-state index in [1.165, 1.54) is 28.1 Å². The Kier molecular flexibility index (Phi) is 3.47. The third kappa shape index (κ3) is 2.28. The van der Waals surface area contributed by atoms with E-state index in [-0.39, 0.29) is 5.41 Å². The van der Waals surface area contributed by atoms with E-state index in [1.54, 1.807) is 0 Å². The average Bonchev–Trinajstić information content (AvgIpc) is 2.09. The summed E-state index contributed by atoms with van der Waals surface area (Å²) in [6.07, 6.45) is 0. The van der Waals surface area contributed by atoms with Crippen LogP contribution in [0, 0.1) is 20.8 Å². The predicted octanol–water partition coefficient (Wildman–Crippen LogP) is 4.43. The van der Waals surface area contributed by atoms with E-state index in [2.05, 4.69) is 55.4 Å². The van der Waals surface area contributed by atoms with Crippen LogP contribution in [0.5, 0.6) is 0 Å². The maximum Gasteiger partial charge on any atom is 0.0492 e. The first kappa shape index (κ1) is 13.2. The minimum atomic E-state index is 0.134. The van der Waals surface area contributed by atoms with E-state index in [9.17, 15) is 0 Å². The lowest BCUT2D eigenvalue weighted by Crippen LogP contribution is -2.18. The van der Waals surface area contributed by atoms with Gasteiger partial charge in [0.05, 0.1) is 0 Å². The second-order valence-corrected chi connectivity index (χ2v) is 6.11. The monoisotopic (exact) mass is 219 g/mol. The quantitative estimate of drug-likeness (QED) is 0.681. The average molecular weight is 219 g/mol. The molecular weight excluding hydrogens is 194 g/mol. The summed E-state index contributed by atoms with van der Waals surface area (Å²) in [5.41, 5.74) is 6.78. The molecule has 0 radical (unpaired) electrons. The Morgan fingerprint density at radius 2 is 1.44 bits per heavy atom. The molecule has 0 atom stereocenters. The van der Waals surface area contributed by atoms with Gasteiger partial charge >= 0.3 is 0 Å². The SMILES string of the molecule is Cc1nc(C(C)(C)C)c(C)c(C)c1C(C)C. The zero-order valence-corrected chi connectivity index (χ0v) is 12.0. The first-order valence-electron chi connectivity index (χ1n) is 6.14. The molecule has 0 bridgehead atoms. The lowest BCUT2D eigenvalue weighted by Gasteiger charge is -2.25. The van der Waals surface area contributed by atoms with Crippen molar-refractivity contribution in [1.82, 2.24) is 4.98 Å². The highest BCUT2D eigenvalue weighted by Crippen LogP contribution is 2.31. The highest BCUT2D eigenvalue weighted by molar-refractivity contribution is 5.42. The summed E-state index contributed by atoms with van der Waals surface area (Å²) in [6, 6.07) is 0. The fourth-order valence-electron chi connectivity index (χ4n) is 2.54. The molecule has 0 amide bonds. The summed E-state index contributed by atoms with van der Waals surface area (Å²) < 4.78 is 0. The van der Waals surface area contributed by atoms with Crippen LogP contribution in [-0.4, -0.2) is 4.98 Å². The third-order valence-electron chi connectivity index (χ3n) is 3.28. The van der Waals surface area contributed by atoms with Gasteiger partial charge in [-0.25, -0.2) is 0 Å². The van der Waals surface area contributed by atoms with Crippen molar-refractivity contribution in [2.75, 3.05) is 0 Å². The molecule has 1 rings (SSSR count). The number of pyridine rings is 1. The van der Waals surface area contributed by atoms with Crippen molar-refractivity contribution in [3.8, 4) is 0 Å². The molecule has 0 N–H and O–H groups in total. The molecule has 0 saturated heterocycles. The van der Waals surface area contributed by atoms with Gasteiger partial charge in [-0.15, -0.1) is 0 Å². The van der Waals surface area contributed by atoms with E-state index in [1.807, 2.05) is 0 Å². The van der Waals surface area contributed by atoms with Gasteiger partial charge in [0, 0.05) is 16.8 Å². The summed E-state index contributed by atoms with van der Waals surface area (Å²) in [4.78, 5) is 4.83. The van der Waals surface area contributed by atoms with Crippen LogP contribution < -0.4 is 0 Å². The second kappa shape index (κ2) is 4.20. The molecule has 90 valence electrons. The van der Waals surface area contributed by atoms with Crippen LogP contribution in [0.4, 0.5) is 0 Å². The molecule has 16 heavy (non-hydrogen) atoms. The van der Waals surface area contributed by atoms with E-state index in [0.717, 1.165) is 0 Å². The smallest absolute Gasteiger partial charge is 0.0492 e. The van der Waals surface area contributed by atoms with E-state index < -0.39 is 0 Å². The maximum absolute atomic E-state index is 4.83. The summed E-state index contributed by atoms with van der Waals surface area (Å²) in [5.74, 6) is 0.556. The Labute approximate surface area is 100 Å². The number of hydrogen-bond donors (Lipinski definition) is 0. The Hall–Kier alpha value is -0.850. The molecule has 0 aliphatic heterocycles. The van der Waals surface area contributed by atoms with Crippen molar-refractivity contribution in [3.05, 3.63) is 28.1 Å². The minimum Gasteiger partial charge on any atom is -0.257 e. The van der Waals surface area contributed by atoms with Crippen LogP contribution in [-0.2, 0) is 5.41 Å². The van der Waals surface area contributed by atoms with Gasteiger partial charge in [0.2, 0.25) is 0 Å². The van der Waals surface area contributed by atoms with E-state index >= 15 is 0 Å². The third-order valence-corrected chi connectivity index (χ3v) is 3.28. The van der Waals surface area contributed by atoms with Crippen molar-refractivity contribution in [1.29, 1.82) is 0 Å². The van der Waals surface area contributed by atoms with Crippen LogP contribution >= 0.6 is 0 Å². The van der Waals surface area contributed by atoms with Gasteiger partial charge in [-0.05, 0) is 43.4 Å². The zero-order valence-electron chi connectivity index (χ0n) is 12.0. The second-order valence-electron chi connectivity index (χ2n) is 6.11. The molecule has 0 aromatic carbocycles. The lowest BCUT2D eigenvalue weighted by molar-refractivity contribution is 0.559. The van der Waals surface area contributed by atoms with Gasteiger partial charge in [-0.1, -0.05) is 34.6 Å². The molecule has 0 spiro atoms. The molecule has 0 aliphatic rings. The molecule has 0 aliphatic carbocycles. The number of aromatic nitrogens is 1. The first-order valence-corrected chi connectivity index (χ1v) is 6.14.